The summed E-state index contributed by atoms with van der Waals surface area (Å²) in [5.41, 5.74) is 4.71. The SMILES string of the molecule is NC(Cc1cc(O)c(O)c([N+](=O)[O-])c1)C(=O)O. The molecule has 17 heavy (non-hydrogen) atoms. The number of aromatic hydroxyl groups is 2. The third-order valence-electron chi connectivity index (χ3n) is 2.10. The van der Waals surface area contributed by atoms with E-state index in [0.717, 1.165) is 12.1 Å². The molecule has 0 saturated carbocycles. The maximum atomic E-state index is 10.5. The van der Waals surface area contributed by atoms with E-state index in [4.69, 9.17) is 10.8 Å². The van der Waals surface area contributed by atoms with Crippen molar-refractivity contribution in [2.45, 2.75) is 12.5 Å². The average molecular weight is 242 g/mol. The van der Waals surface area contributed by atoms with Gasteiger partial charge >= 0.3 is 11.7 Å². The number of carboxylic acids is 1. The molecule has 1 aromatic rings. The number of nitro groups is 1. The van der Waals surface area contributed by atoms with Gasteiger partial charge in [0.2, 0.25) is 5.75 Å². The van der Waals surface area contributed by atoms with E-state index in [2.05, 4.69) is 0 Å². The van der Waals surface area contributed by atoms with Crippen LogP contribution in [0.2, 0.25) is 0 Å². The molecule has 5 N–H and O–H groups in total. The van der Waals surface area contributed by atoms with E-state index in [-0.39, 0.29) is 12.0 Å². The molecule has 92 valence electrons. The van der Waals surface area contributed by atoms with E-state index >= 15 is 0 Å². The Kier molecular flexibility index (Phi) is 3.49. The van der Waals surface area contributed by atoms with Crippen molar-refractivity contribution < 1.29 is 25.0 Å². The molecule has 1 rings (SSSR count). The normalized spacial score (nSPS) is 12.1. The predicted molar refractivity (Wildman–Crippen MR) is 55.7 cm³/mol. The number of hydrogen-bond acceptors (Lipinski definition) is 6. The van der Waals surface area contributed by atoms with Gasteiger partial charge in [-0.1, -0.05) is 0 Å². The molecule has 1 unspecified atom stereocenters. The molecule has 0 radical (unpaired) electrons. The fraction of sp³-hybridized carbons (Fsp3) is 0.222. The van der Waals surface area contributed by atoms with Crippen LogP contribution in [0.25, 0.3) is 0 Å². The van der Waals surface area contributed by atoms with E-state index < -0.39 is 34.1 Å². The van der Waals surface area contributed by atoms with Crippen molar-refractivity contribution in [1.29, 1.82) is 0 Å². The molecule has 1 atom stereocenters. The van der Waals surface area contributed by atoms with E-state index in [9.17, 15) is 25.1 Å². The molecule has 0 saturated heterocycles. The molecule has 0 aliphatic rings. The third kappa shape index (κ3) is 2.82. The van der Waals surface area contributed by atoms with Gasteiger partial charge in [0.05, 0.1) is 4.92 Å². The van der Waals surface area contributed by atoms with Crippen LogP contribution in [-0.4, -0.2) is 32.3 Å². The van der Waals surface area contributed by atoms with E-state index in [1.807, 2.05) is 0 Å². The van der Waals surface area contributed by atoms with Crippen molar-refractivity contribution in [3.8, 4) is 11.5 Å². The number of hydrogen-bond donors (Lipinski definition) is 4. The van der Waals surface area contributed by atoms with Crippen molar-refractivity contribution >= 4 is 11.7 Å². The lowest BCUT2D eigenvalue weighted by molar-refractivity contribution is -0.386. The molecule has 1 aromatic carbocycles. The van der Waals surface area contributed by atoms with Crippen molar-refractivity contribution in [3.05, 3.63) is 27.8 Å². The zero-order valence-corrected chi connectivity index (χ0v) is 8.53. The summed E-state index contributed by atoms with van der Waals surface area (Å²) in [5, 5.41) is 37.5. The lowest BCUT2D eigenvalue weighted by Crippen LogP contribution is -2.32. The van der Waals surface area contributed by atoms with Crippen LogP contribution in [-0.2, 0) is 11.2 Å². The largest absolute Gasteiger partial charge is 0.504 e. The van der Waals surface area contributed by atoms with E-state index in [0.29, 0.717) is 0 Å². The lowest BCUT2D eigenvalue weighted by Gasteiger charge is -2.07. The first-order valence-corrected chi connectivity index (χ1v) is 4.50. The Morgan fingerprint density at radius 1 is 1.47 bits per heavy atom. The molecule has 0 amide bonds. The lowest BCUT2D eigenvalue weighted by atomic mass is 10.1. The number of phenolic OH excluding ortho intramolecular Hbond substituents is 2. The highest BCUT2D eigenvalue weighted by molar-refractivity contribution is 5.73. The first-order valence-electron chi connectivity index (χ1n) is 4.50. The molecule has 0 spiro atoms. The minimum atomic E-state index is -1.26. The minimum Gasteiger partial charge on any atom is -0.504 e. The van der Waals surface area contributed by atoms with Gasteiger partial charge in [0.1, 0.15) is 6.04 Å². The van der Waals surface area contributed by atoms with Gasteiger partial charge < -0.3 is 21.1 Å². The van der Waals surface area contributed by atoms with Crippen LogP contribution in [0.5, 0.6) is 11.5 Å². The van der Waals surface area contributed by atoms with Gasteiger partial charge in [0, 0.05) is 6.07 Å². The number of nitrogens with two attached hydrogens (primary N) is 1. The van der Waals surface area contributed by atoms with Crippen LogP contribution in [0.15, 0.2) is 12.1 Å². The minimum absolute atomic E-state index is 0.155. The first-order chi connectivity index (χ1) is 7.82. The van der Waals surface area contributed by atoms with Crippen LogP contribution in [0.3, 0.4) is 0 Å². The summed E-state index contributed by atoms with van der Waals surface area (Å²) < 4.78 is 0. The Balaban J connectivity index is 3.11. The van der Waals surface area contributed by atoms with Gasteiger partial charge in [-0.2, -0.15) is 0 Å². The molecule has 0 aliphatic heterocycles. The number of phenols is 2. The second-order valence-electron chi connectivity index (χ2n) is 3.39. The molecular formula is C9H10N2O6. The number of carbonyl (C=O) groups is 1. The van der Waals surface area contributed by atoms with Gasteiger partial charge in [0.15, 0.2) is 5.75 Å². The number of nitrogens with zero attached hydrogens (tertiary/aromatic N) is 1. The second kappa shape index (κ2) is 4.66. The molecular weight excluding hydrogens is 232 g/mol. The van der Waals surface area contributed by atoms with Crippen LogP contribution < -0.4 is 5.73 Å². The van der Waals surface area contributed by atoms with Crippen molar-refractivity contribution in [2.24, 2.45) is 5.73 Å². The predicted octanol–water partition coefficient (Wildman–Crippen LogP) is -0.0396. The van der Waals surface area contributed by atoms with Crippen LogP contribution in [0.1, 0.15) is 5.56 Å². The Labute approximate surface area is 95.1 Å². The van der Waals surface area contributed by atoms with Crippen LogP contribution >= 0.6 is 0 Å². The molecule has 0 fully saturated rings. The maximum Gasteiger partial charge on any atom is 0.320 e. The van der Waals surface area contributed by atoms with Gasteiger partial charge in [-0.3, -0.25) is 14.9 Å². The Morgan fingerprint density at radius 2 is 2.06 bits per heavy atom. The first kappa shape index (κ1) is 12.7. The summed E-state index contributed by atoms with van der Waals surface area (Å²) in [4.78, 5) is 20.2. The highest BCUT2D eigenvalue weighted by Gasteiger charge is 2.21. The fourth-order valence-corrected chi connectivity index (χ4v) is 1.26. The Bertz CT molecular complexity index is 473. The molecule has 0 aromatic heterocycles. The highest BCUT2D eigenvalue weighted by atomic mass is 16.6. The molecule has 0 heterocycles. The zero-order chi connectivity index (χ0) is 13.2. The topological polar surface area (TPSA) is 147 Å². The zero-order valence-electron chi connectivity index (χ0n) is 8.53. The standard InChI is InChI=1S/C9H10N2O6/c10-5(9(14)15)1-4-2-6(11(16)17)8(13)7(12)3-4/h2-3,5,12-13H,1,10H2,(H,14,15). The fourth-order valence-electron chi connectivity index (χ4n) is 1.26. The van der Waals surface area contributed by atoms with Crippen LogP contribution in [0.4, 0.5) is 5.69 Å². The van der Waals surface area contributed by atoms with Crippen LogP contribution in [0, 0.1) is 10.1 Å². The van der Waals surface area contributed by atoms with Gasteiger partial charge in [-0.25, -0.2) is 0 Å². The second-order valence-corrected chi connectivity index (χ2v) is 3.39. The number of carboxylic acid groups (broad SMARTS) is 1. The Hall–Kier alpha value is -2.35. The molecule has 0 aliphatic carbocycles. The van der Waals surface area contributed by atoms with Gasteiger partial charge in [-0.15, -0.1) is 0 Å². The number of benzene rings is 1. The summed E-state index contributed by atoms with van der Waals surface area (Å²) in [6, 6.07) is 0.766. The smallest absolute Gasteiger partial charge is 0.320 e. The number of aliphatic carboxylic acids is 1. The molecule has 8 heteroatoms. The molecule has 8 nitrogen and oxygen atoms in total. The van der Waals surface area contributed by atoms with Crippen molar-refractivity contribution in [2.75, 3.05) is 0 Å². The van der Waals surface area contributed by atoms with E-state index in [1.165, 1.54) is 0 Å². The van der Waals surface area contributed by atoms with Crippen molar-refractivity contribution in [3.63, 3.8) is 0 Å². The summed E-state index contributed by atoms with van der Waals surface area (Å²) in [6.45, 7) is 0. The summed E-state index contributed by atoms with van der Waals surface area (Å²) in [7, 11) is 0. The quantitative estimate of drug-likeness (QED) is 0.329. The third-order valence-corrected chi connectivity index (χ3v) is 2.10. The highest BCUT2D eigenvalue weighted by Crippen LogP contribution is 2.36. The Morgan fingerprint density at radius 3 is 2.53 bits per heavy atom. The van der Waals surface area contributed by atoms with Gasteiger partial charge in [-0.05, 0) is 18.1 Å². The average Bonchev–Trinajstić information content (AvgIpc) is 2.22. The van der Waals surface area contributed by atoms with Crippen molar-refractivity contribution in [1.82, 2.24) is 0 Å². The van der Waals surface area contributed by atoms with E-state index in [1.54, 1.807) is 0 Å². The summed E-state index contributed by atoms with van der Waals surface area (Å²) in [5.74, 6) is -2.81. The number of nitro benzene ring substituents is 1. The summed E-state index contributed by atoms with van der Waals surface area (Å²) in [6.07, 6.45) is -0.190. The summed E-state index contributed by atoms with van der Waals surface area (Å²) >= 11 is 0. The monoisotopic (exact) mass is 242 g/mol. The molecule has 0 bridgehead atoms. The maximum absolute atomic E-state index is 10.5. The number of rotatable bonds is 4. The van der Waals surface area contributed by atoms with Gasteiger partial charge in [0.25, 0.3) is 0 Å².